The summed E-state index contributed by atoms with van der Waals surface area (Å²) in [6.07, 6.45) is 0. The molecule has 0 aliphatic carbocycles. The molecule has 3 aliphatic rings. The fourth-order valence-corrected chi connectivity index (χ4v) is 4.95. The average Bonchev–Trinajstić information content (AvgIpc) is 3.19. The third-order valence-electron chi connectivity index (χ3n) is 7.11. The molecule has 1 unspecified atom stereocenters. The van der Waals surface area contributed by atoms with E-state index in [-0.39, 0.29) is 16.2 Å². The van der Waals surface area contributed by atoms with E-state index in [4.69, 9.17) is 9.47 Å². The Morgan fingerprint density at radius 1 is 0.977 bits per heavy atom. The highest BCUT2D eigenvalue weighted by Gasteiger charge is 2.70. The van der Waals surface area contributed by atoms with E-state index in [1.54, 1.807) is 6.07 Å². The van der Waals surface area contributed by atoms with Gasteiger partial charge in [0.2, 0.25) is 0 Å². The topological polar surface area (TPSA) is 210 Å². The maximum Gasteiger partial charge on any atom is 0.303 e. The lowest BCUT2D eigenvalue weighted by molar-refractivity contribution is -0.374. The van der Waals surface area contributed by atoms with Gasteiger partial charge in [-0.1, -0.05) is 45.9 Å². The molecule has 0 spiro atoms. The molecular weight excluding hydrogens is 585 g/mol. The van der Waals surface area contributed by atoms with Crippen LogP contribution in [0.5, 0.6) is 5.75 Å². The Morgan fingerprint density at radius 3 is 2.23 bits per heavy atom. The first-order valence-electron chi connectivity index (χ1n) is 14.1. The number of hydrogen-bond acceptors (Lipinski definition) is 12. The molecule has 2 saturated heterocycles. The van der Waals surface area contributed by atoms with Gasteiger partial charge in [0.15, 0.2) is 6.04 Å². The minimum atomic E-state index is -4.06. The van der Waals surface area contributed by atoms with Crippen molar-refractivity contribution < 1.29 is 58.9 Å². The van der Waals surface area contributed by atoms with Crippen molar-refractivity contribution in [2.24, 2.45) is 0 Å². The highest BCUT2D eigenvalue weighted by molar-refractivity contribution is 6.09. The van der Waals surface area contributed by atoms with Crippen LogP contribution in [0.15, 0.2) is 36.4 Å². The van der Waals surface area contributed by atoms with Crippen molar-refractivity contribution in [3.8, 4) is 5.75 Å². The normalized spacial score (nSPS) is 21.8. The van der Waals surface area contributed by atoms with Crippen molar-refractivity contribution in [3.63, 3.8) is 0 Å². The van der Waals surface area contributed by atoms with E-state index < -0.39 is 64.8 Å². The smallest absolute Gasteiger partial charge is 0.303 e. The minimum absolute atomic E-state index is 0.103. The van der Waals surface area contributed by atoms with Crippen LogP contribution in [0.1, 0.15) is 54.7 Å². The van der Waals surface area contributed by atoms with E-state index in [2.05, 4.69) is 4.90 Å². The van der Waals surface area contributed by atoms with Crippen LogP contribution in [0.25, 0.3) is 0 Å². The van der Waals surface area contributed by atoms with Crippen molar-refractivity contribution in [1.82, 2.24) is 15.1 Å². The van der Waals surface area contributed by atoms with E-state index in [0.29, 0.717) is 19.8 Å². The number of carbonyl (C=O) groups is 3. The van der Waals surface area contributed by atoms with Crippen molar-refractivity contribution in [2.75, 3.05) is 26.3 Å². The summed E-state index contributed by atoms with van der Waals surface area (Å²) in [5.74, 6) is -17.4. The van der Waals surface area contributed by atoms with Crippen LogP contribution in [0, 0.1) is 5.82 Å². The molecule has 3 amide bonds. The Balaban J connectivity index is 0.00000127. The number of halogens is 1. The predicted molar refractivity (Wildman–Crippen MR) is 150 cm³/mol. The van der Waals surface area contributed by atoms with Crippen LogP contribution in [0.4, 0.5) is 4.39 Å². The Labute approximate surface area is 252 Å². The zero-order chi connectivity index (χ0) is 33.0. The molecule has 44 heavy (non-hydrogen) atoms. The van der Waals surface area contributed by atoms with Gasteiger partial charge in [0, 0.05) is 25.2 Å². The van der Waals surface area contributed by atoms with Gasteiger partial charge in [-0.05, 0) is 23.8 Å². The maximum absolute atomic E-state index is 14.9. The first-order chi connectivity index (χ1) is 20.8. The third-order valence-corrected chi connectivity index (χ3v) is 7.11. The number of aliphatic hydroxyl groups is 6. The van der Waals surface area contributed by atoms with Crippen LogP contribution < -0.4 is 10.1 Å². The highest BCUT2D eigenvalue weighted by atomic mass is 19.1. The fourth-order valence-electron chi connectivity index (χ4n) is 4.95. The Hall–Kier alpha value is -3.54. The van der Waals surface area contributed by atoms with Gasteiger partial charge in [0.25, 0.3) is 29.4 Å². The summed E-state index contributed by atoms with van der Waals surface area (Å²) < 4.78 is 25.8. The summed E-state index contributed by atoms with van der Waals surface area (Å²) in [5.41, 5.74) is -0.261. The Morgan fingerprint density at radius 2 is 1.61 bits per heavy atom. The Bertz CT molecular complexity index is 1380. The number of ether oxygens (including phenoxy) is 2. The number of benzene rings is 2. The number of amides is 3. The SMILES string of the molecule is CC.CC.O=C1NC(=O)C(O)(O)C(O)(O)C1N1C(=O)c2cccc(OCc3ccc(CN4CCOCC4)cc3F)c2C1(O)O. The minimum Gasteiger partial charge on any atom is -0.488 e. The molecule has 2 aromatic carbocycles. The first-order valence-corrected chi connectivity index (χ1v) is 14.1. The molecule has 15 heteroatoms. The van der Waals surface area contributed by atoms with Crippen LogP contribution in [0.3, 0.4) is 0 Å². The number of imide groups is 1. The molecule has 2 aromatic rings. The van der Waals surface area contributed by atoms with Gasteiger partial charge in [-0.25, -0.2) is 4.39 Å². The molecule has 7 N–H and O–H groups in total. The second-order valence-corrected chi connectivity index (χ2v) is 9.71. The molecule has 0 radical (unpaired) electrons. The first kappa shape index (κ1) is 34.9. The van der Waals surface area contributed by atoms with E-state index in [1.807, 2.05) is 27.7 Å². The van der Waals surface area contributed by atoms with E-state index in [9.17, 15) is 49.4 Å². The molecule has 3 heterocycles. The van der Waals surface area contributed by atoms with E-state index in [1.165, 1.54) is 29.6 Å². The summed E-state index contributed by atoms with van der Waals surface area (Å²) >= 11 is 0. The zero-order valence-electron chi connectivity index (χ0n) is 24.8. The number of nitrogens with one attached hydrogen (secondary N) is 1. The molecule has 1 atom stereocenters. The van der Waals surface area contributed by atoms with E-state index in [0.717, 1.165) is 24.7 Å². The van der Waals surface area contributed by atoms with Crippen LogP contribution in [0.2, 0.25) is 0 Å². The van der Waals surface area contributed by atoms with Crippen molar-refractivity contribution in [3.05, 3.63) is 64.5 Å². The third kappa shape index (κ3) is 6.18. The molecule has 5 rings (SSSR count). The van der Waals surface area contributed by atoms with Gasteiger partial charge in [0.1, 0.15) is 18.2 Å². The van der Waals surface area contributed by atoms with E-state index >= 15 is 0 Å². The molecule has 2 fully saturated rings. The van der Waals surface area contributed by atoms with Crippen LogP contribution in [-0.4, -0.2) is 102 Å². The predicted octanol–water partition coefficient (Wildman–Crippen LogP) is -0.773. The van der Waals surface area contributed by atoms with Crippen LogP contribution >= 0.6 is 0 Å². The number of fused-ring (bicyclic) bond motifs is 1. The molecule has 3 aliphatic heterocycles. The summed E-state index contributed by atoms with van der Waals surface area (Å²) in [4.78, 5) is 39.4. The molecule has 0 bridgehead atoms. The van der Waals surface area contributed by atoms with Gasteiger partial charge in [-0.3, -0.25) is 29.5 Å². The monoisotopic (exact) mass is 623 g/mol. The van der Waals surface area contributed by atoms with Crippen molar-refractivity contribution >= 4 is 17.7 Å². The number of nitrogens with zero attached hydrogens (tertiary/aromatic N) is 2. The molecule has 0 aromatic heterocycles. The summed E-state index contributed by atoms with van der Waals surface area (Å²) in [7, 11) is 0. The van der Waals surface area contributed by atoms with Gasteiger partial charge in [-0.15, -0.1) is 0 Å². The molecule has 0 saturated carbocycles. The molecule has 14 nitrogen and oxygen atoms in total. The lowest BCUT2D eigenvalue weighted by Gasteiger charge is -2.47. The Kier molecular flexibility index (Phi) is 10.8. The van der Waals surface area contributed by atoms with Gasteiger partial charge in [-0.2, -0.15) is 0 Å². The number of hydrogen-bond donors (Lipinski definition) is 7. The second kappa shape index (κ2) is 13.6. The largest absolute Gasteiger partial charge is 0.488 e. The highest BCUT2D eigenvalue weighted by Crippen LogP contribution is 2.45. The summed E-state index contributed by atoms with van der Waals surface area (Å²) in [6, 6.07) is 5.39. The van der Waals surface area contributed by atoms with Crippen molar-refractivity contribution in [1.29, 1.82) is 0 Å². The number of piperidine rings is 1. The number of carbonyl (C=O) groups excluding carboxylic acids is 3. The maximum atomic E-state index is 14.9. The lowest BCUT2D eigenvalue weighted by Crippen LogP contribution is -2.80. The quantitative estimate of drug-likeness (QED) is 0.156. The molecule has 242 valence electrons. The van der Waals surface area contributed by atoms with Crippen molar-refractivity contribution in [2.45, 2.75) is 64.4 Å². The molecular formula is C29H38FN3O11. The van der Waals surface area contributed by atoms with Gasteiger partial charge < -0.3 is 40.1 Å². The number of morpholine rings is 1. The van der Waals surface area contributed by atoms with Gasteiger partial charge in [0.05, 0.1) is 24.3 Å². The standard InChI is InChI=1S/C25H26FN3O11.2C2H6/c26-16-10-13(11-28-6-8-39-9-7-28)4-5-14(16)12-40-17-3-1-2-15-18(17)25(37,38)29(21(15)31)19-20(30)27-22(32)24(35,36)23(19,33)34;2*1-2/h1-5,10,19,33-38H,6-9,11-12H2,(H,27,30,32);2*1-2H3. The zero-order valence-corrected chi connectivity index (χ0v) is 24.8. The fraction of sp³-hybridized carbons (Fsp3) is 0.483. The van der Waals surface area contributed by atoms with Gasteiger partial charge >= 0.3 is 5.79 Å². The van der Waals surface area contributed by atoms with Crippen LogP contribution in [-0.2, 0) is 33.4 Å². The summed E-state index contributed by atoms with van der Waals surface area (Å²) in [5, 5.41) is 63.9. The number of rotatable bonds is 6. The summed E-state index contributed by atoms with van der Waals surface area (Å²) in [6.45, 7) is 10.7. The lowest BCUT2D eigenvalue weighted by atomic mass is 9.90. The second-order valence-electron chi connectivity index (χ2n) is 9.71. The average molecular weight is 624 g/mol.